The number of carbonyl (C=O) groups excluding carboxylic acids is 2. The summed E-state index contributed by atoms with van der Waals surface area (Å²) in [4.78, 5) is 25.1. The van der Waals surface area contributed by atoms with E-state index in [4.69, 9.17) is 10.5 Å². The Bertz CT molecular complexity index is 782. The third-order valence-electron chi connectivity index (χ3n) is 4.21. The van der Waals surface area contributed by atoms with Gasteiger partial charge in [-0.1, -0.05) is 36.4 Å². The Labute approximate surface area is 146 Å². The topological polar surface area (TPSA) is 72.6 Å². The van der Waals surface area contributed by atoms with Gasteiger partial charge in [0.2, 0.25) is 5.91 Å². The zero-order valence-electron chi connectivity index (χ0n) is 13.9. The molecule has 1 aliphatic rings. The Balaban J connectivity index is 1.52. The Morgan fingerprint density at radius 3 is 2.36 bits per heavy atom. The third-order valence-corrected chi connectivity index (χ3v) is 4.21. The maximum Gasteiger partial charge on any atom is 0.260 e. The number of hydrogen-bond donors (Lipinski definition) is 1. The Hall–Kier alpha value is -3.08. The summed E-state index contributed by atoms with van der Waals surface area (Å²) in [6.45, 7) is 1.25. The average Bonchev–Trinajstić information content (AvgIpc) is 2.67. The molecule has 0 radical (unpaired) electrons. The number of primary amides is 1. The van der Waals surface area contributed by atoms with Gasteiger partial charge in [0.15, 0.2) is 6.61 Å². The number of nitrogens with two attached hydrogens (primary N) is 1. The average molecular weight is 336 g/mol. The van der Waals surface area contributed by atoms with Crippen molar-refractivity contribution >= 4 is 17.4 Å². The van der Waals surface area contributed by atoms with Crippen molar-refractivity contribution in [3.63, 3.8) is 0 Å². The van der Waals surface area contributed by atoms with E-state index >= 15 is 0 Å². The Kier molecular flexibility index (Phi) is 5.14. The molecule has 5 nitrogen and oxygen atoms in total. The minimum atomic E-state index is -0.489. The van der Waals surface area contributed by atoms with Gasteiger partial charge in [-0.2, -0.15) is 0 Å². The van der Waals surface area contributed by atoms with Crippen molar-refractivity contribution < 1.29 is 14.3 Å². The maximum absolute atomic E-state index is 12.3. The van der Waals surface area contributed by atoms with Gasteiger partial charge in [-0.3, -0.25) is 9.59 Å². The molecule has 2 amide bonds. The molecule has 0 saturated heterocycles. The van der Waals surface area contributed by atoms with Gasteiger partial charge in [-0.25, -0.2) is 0 Å². The van der Waals surface area contributed by atoms with Gasteiger partial charge in [0.25, 0.3) is 5.91 Å². The van der Waals surface area contributed by atoms with Crippen LogP contribution in [-0.4, -0.2) is 36.4 Å². The van der Waals surface area contributed by atoms with Crippen molar-refractivity contribution in [2.24, 2.45) is 5.73 Å². The lowest BCUT2D eigenvalue weighted by Gasteiger charge is -2.26. The second kappa shape index (κ2) is 7.66. The Morgan fingerprint density at radius 1 is 1.04 bits per heavy atom. The standard InChI is InChI=1S/C20H20N2O3/c21-20(24)17-6-8-18(9-7-17)25-14-19(23)22-12-10-16(11-13-22)15-4-2-1-3-5-15/h1-10H,11-14H2,(H2,21,24). The Morgan fingerprint density at radius 2 is 1.76 bits per heavy atom. The highest BCUT2D eigenvalue weighted by Gasteiger charge is 2.18. The smallest absolute Gasteiger partial charge is 0.260 e. The molecule has 0 saturated carbocycles. The number of rotatable bonds is 5. The molecule has 0 aliphatic carbocycles. The van der Waals surface area contributed by atoms with E-state index in [9.17, 15) is 9.59 Å². The SMILES string of the molecule is NC(=O)c1ccc(OCC(=O)N2CC=C(c3ccccc3)CC2)cc1. The molecule has 0 bridgehead atoms. The van der Waals surface area contributed by atoms with Crippen molar-refractivity contribution in [3.8, 4) is 5.75 Å². The predicted octanol–water partition coefficient (Wildman–Crippen LogP) is 2.48. The number of nitrogens with zero attached hydrogens (tertiary/aromatic N) is 1. The maximum atomic E-state index is 12.3. The van der Waals surface area contributed by atoms with E-state index in [0.29, 0.717) is 24.4 Å². The lowest BCUT2D eigenvalue weighted by molar-refractivity contribution is -0.132. The minimum Gasteiger partial charge on any atom is -0.484 e. The van der Waals surface area contributed by atoms with E-state index in [2.05, 4.69) is 18.2 Å². The highest BCUT2D eigenvalue weighted by molar-refractivity contribution is 5.92. The highest BCUT2D eigenvalue weighted by Crippen LogP contribution is 2.22. The van der Waals surface area contributed by atoms with Crippen LogP contribution in [0.3, 0.4) is 0 Å². The van der Waals surface area contributed by atoms with Crippen LogP contribution in [-0.2, 0) is 4.79 Å². The molecule has 0 unspecified atom stereocenters. The van der Waals surface area contributed by atoms with Crippen LogP contribution in [0.25, 0.3) is 5.57 Å². The molecule has 2 N–H and O–H groups in total. The number of ether oxygens (including phenoxy) is 1. The largest absolute Gasteiger partial charge is 0.484 e. The minimum absolute atomic E-state index is 0.0234. The molecule has 1 aliphatic heterocycles. The summed E-state index contributed by atoms with van der Waals surface area (Å²) < 4.78 is 5.50. The number of hydrogen-bond acceptors (Lipinski definition) is 3. The summed E-state index contributed by atoms with van der Waals surface area (Å²) >= 11 is 0. The van der Waals surface area contributed by atoms with E-state index in [0.717, 1.165) is 6.42 Å². The first-order valence-corrected chi connectivity index (χ1v) is 8.18. The fourth-order valence-electron chi connectivity index (χ4n) is 2.76. The molecule has 25 heavy (non-hydrogen) atoms. The van der Waals surface area contributed by atoms with Gasteiger partial charge in [0.05, 0.1) is 0 Å². The zero-order chi connectivity index (χ0) is 17.6. The molecule has 2 aromatic carbocycles. The molecule has 0 atom stereocenters. The van der Waals surface area contributed by atoms with Crippen molar-refractivity contribution in [1.29, 1.82) is 0 Å². The molecule has 128 valence electrons. The second-order valence-corrected chi connectivity index (χ2v) is 5.86. The van der Waals surface area contributed by atoms with Crippen LogP contribution in [0.2, 0.25) is 0 Å². The van der Waals surface area contributed by atoms with Gasteiger partial charge < -0.3 is 15.4 Å². The monoisotopic (exact) mass is 336 g/mol. The van der Waals surface area contributed by atoms with Crippen molar-refractivity contribution in [2.75, 3.05) is 19.7 Å². The van der Waals surface area contributed by atoms with Crippen molar-refractivity contribution in [2.45, 2.75) is 6.42 Å². The van der Waals surface area contributed by atoms with E-state index < -0.39 is 5.91 Å². The fraction of sp³-hybridized carbons (Fsp3) is 0.200. The molecule has 1 heterocycles. The van der Waals surface area contributed by atoms with Crippen LogP contribution < -0.4 is 10.5 Å². The van der Waals surface area contributed by atoms with Gasteiger partial charge in [0, 0.05) is 18.7 Å². The summed E-state index contributed by atoms with van der Waals surface area (Å²) in [6.07, 6.45) is 2.93. The summed E-state index contributed by atoms with van der Waals surface area (Å²) in [5, 5.41) is 0. The highest BCUT2D eigenvalue weighted by atomic mass is 16.5. The quantitative estimate of drug-likeness (QED) is 0.912. The molecule has 0 fully saturated rings. The van der Waals surface area contributed by atoms with Gasteiger partial charge in [-0.15, -0.1) is 0 Å². The summed E-state index contributed by atoms with van der Waals surface area (Å²) in [7, 11) is 0. The van der Waals surface area contributed by atoms with Gasteiger partial charge in [0.1, 0.15) is 5.75 Å². The van der Waals surface area contributed by atoms with Crippen molar-refractivity contribution in [1.82, 2.24) is 4.90 Å². The predicted molar refractivity (Wildman–Crippen MR) is 96.1 cm³/mol. The first kappa shape index (κ1) is 16.8. The number of carbonyl (C=O) groups is 2. The van der Waals surface area contributed by atoms with Crippen LogP contribution in [0.1, 0.15) is 22.3 Å². The van der Waals surface area contributed by atoms with E-state index in [1.165, 1.54) is 11.1 Å². The van der Waals surface area contributed by atoms with E-state index in [1.54, 1.807) is 29.2 Å². The zero-order valence-corrected chi connectivity index (χ0v) is 13.9. The normalized spacial score (nSPS) is 13.9. The van der Waals surface area contributed by atoms with Crippen LogP contribution in [0.5, 0.6) is 5.75 Å². The number of benzene rings is 2. The van der Waals surface area contributed by atoms with E-state index in [1.807, 2.05) is 18.2 Å². The van der Waals surface area contributed by atoms with Crippen molar-refractivity contribution in [3.05, 3.63) is 71.8 Å². The van der Waals surface area contributed by atoms with Gasteiger partial charge >= 0.3 is 0 Å². The second-order valence-electron chi connectivity index (χ2n) is 5.86. The van der Waals surface area contributed by atoms with Crippen LogP contribution in [0.4, 0.5) is 0 Å². The fourth-order valence-corrected chi connectivity index (χ4v) is 2.76. The molecular weight excluding hydrogens is 316 g/mol. The molecular formula is C20H20N2O3. The number of amides is 2. The lowest BCUT2D eigenvalue weighted by Crippen LogP contribution is -2.37. The first-order valence-electron chi connectivity index (χ1n) is 8.18. The molecule has 3 rings (SSSR count). The molecule has 5 heteroatoms. The van der Waals surface area contributed by atoms with Crippen LogP contribution >= 0.6 is 0 Å². The molecule has 0 aromatic heterocycles. The van der Waals surface area contributed by atoms with Crippen LogP contribution in [0.15, 0.2) is 60.7 Å². The third kappa shape index (κ3) is 4.26. The lowest BCUT2D eigenvalue weighted by atomic mass is 10.00. The van der Waals surface area contributed by atoms with Gasteiger partial charge in [-0.05, 0) is 41.8 Å². The summed E-state index contributed by atoms with van der Waals surface area (Å²) in [5.41, 5.74) is 8.08. The first-order chi connectivity index (χ1) is 12.1. The summed E-state index contributed by atoms with van der Waals surface area (Å²) in [6, 6.07) is 16.6. The molecule has 2 aromatic rings. The summed E-state index contributed by atoms with van der Waals surface area (Å²) in [5.74, 6) is -0.00448. The van der Waals surface area contributed by atoms with Crippen LogP contribution in [0, 0.1) is 0 Å². The molecule has 0 spiro atoms. The van der Waals surface area contributed by atoms with E-state index in [-0.39, 0.29) is 12.5 Å².